The van der Waals surface area contributed by atoms with Crippen molar-refractivity contribution < 1.29 is 4.39 Å². The van der Waals surface area contributed by atoms with Crippen LogP contribution in [0.5, 0.6) is 0 Å². The highest BCUT2D eigenvalue weighted by molar-refractivity contribution is 5.71. The van der Waals surface area contributed by atoms with E-state index >= 15 is 0 Å². The Balaban J connectivity index is 2.52. The molecule has 18 heavy (non-hydrogen) atoms. The molecule has 3 nitrogen and oxygen atoms in total. The Bertz CT molecular complexity index is 554. The minimum atomic E-state index is -0.276. The summed E-state index contributed by atoms with van der Waals surface area (Å²) in [6, 6.07) is 10.3. The lowest BCUT2D eigenvalue weighted by Gasteiger charge is -2.24. The van der Waals surface area contributed by atoms with Crippen LogP contribution in [0.25, 0.3) is 0 Å². The fraction of sp³-hybridized carbons (Fsp3) is 0.214. The molecule has 0 radical (unpaired) electrons. The van der Waals surface area contributed by atoms with E-state index in [-0.39, 0.29) is 5.82 Å². The summed E-state index contributed by atoms with van der Waals surface area (Å²) in [4.78, 5) is 6.17. The zero-order valence-electron chi connectivity index (χ0n) is 10.5. The van der Waals surface area contributed by atoms with Gasteiger partial charge in [-0.15, -0.1) is 0 Å². The number of aromatic nitrogens is 1. The van der Waals surface area contributed by atoms with Crippen LogP contribution in [0.3, 0.4) is 0 Å². The molecular formula is C14H16FN3. The maximum absolute atomic E-state index is 13.8. The average molecular weight is 245 g/mol. The second-order valence-corrected chi connectivity index (χ2v) is 4.06. The summed E-state index contributed by atoms with van der Waals surface area (Å²) in [5.41, 5.74) is 7.82. The Labute approximate surface area is 106 Å². The molecule has 0 aliphatic rings. The number of nitrogens with two attached hydrogens (primary N) is 1. The van der Waals surface area contributed by atoms with Crippen molar-refractivity contribution in [2.75, 3.05) is 17.2 Å². The molecule has 0 unspecified atom stereocenters. The number of rotatable bonds is 3. The number of anilines is 3. The number of para-hydroxylation sites is 1. The van der Waals surface area contributed by atoms with Crippen LogP contribution in [0.2, 0.25) is 0 Å². The summed E-state index contributed by atoms with van der Waals surface area (Å²) in [5.74, 6) is 0.324. The van der Waals surface area contributed by atoms with Gasteiger partial charge in [-0.25, -0.2) is 9.37 Å². The Morgan fingerprint density at radius 2 is 1.94 bits per heavy atom. The molecule has 0 aliphatic heterocycles. The molecule has 1 aromatic heterocycles. The third-order valence-corrected chi connectivity index (χ3v) is 2.76. The molecule has 94 valence electrons. The molecule has 1 heterocycles. The van der Waals surface area contributed by atoms with E-state index in [1.807, 2.05) is 19.9 Å². The van der Waals surface area contributed by atoms with Gasteiger partial charge in [0.1, 0.15) is 5.82 Å². The summed E-state index contributed by atoms with van der Waals surface area (Å²) in [7, 11) is 0. The molecular weight excluding hydrogens is 229 g/mol. The summed E-state index contributed by atoms with van der Waals surface area (Å²) in [5, 5.41) is 0. The molecule has 4 heteroatoms. The van der Waals surface area contributed by atoms with Crippen molar-refractivity contribution >= 4 is 17.2 Å². The van der Waals surface area contributed by atoms with E-state index in [0.717, 1.165) is 5.69 Å². The zero-order chi connectivity index (χ0) is 13.1. The van der Waals surface area contributed by atoms with Gasteiger partial charge in [-0.05, 0) is 38.1 Å². The SMILES string of the molecule is CCN(c1ccccc1F)c1nc(C)ccc1N. The number of hydrogen-bond acceptors (Lipinski definition) is 3. The van der Waals surface area contributed by atoms with E-state index in [0.29, 0.717) is 23.7 Å². The minimum absolute atomic E-state index is 0.276. The number of aryl methyl sites for hydroxylation is 1. The van der Waals surface area contributed by atoms with Crippen molar-refractivity contribution in [1.82, 2.24) is 4.98 Å². The molecule has 0 saturated heterocycles. The van der Waals surface area contributed by atoms with Crippen LogP contribution >= 0.6 is 0 Å². The summed E-state index contributed by atoms with van der Waals surface area (Å²) in [6.07, 6.45) is 0. The Morgan fingerprint density at radius 1 is 1.22 bits per heavy atom. The van der Waals surface area contributed by atoms with Crippen LogP contribution in [-0.2, 0) is 0 Å². The first-order valence-electron chi connectivity index (χ1n) is 5.88. The van der Waals surface area contributed by atoms with Gasteiger partial charge in [-0.1, -0.05) is 12.1 Å². The Kier molecular flexibility index (Phi) is 3.46. The lowest BCUT2D eigenvalue weighted by Crippen LogP contribution is -2.20. The topological polar surface area (TPSA) is 42.2 Å². The van der Waals surface area contributed by atoms with Crippen molar-refractivity contribution in [1.29, 1.82) is 0 Å². The lowest BCUT2D eigenvalue weighted by atomic mass is 10.2. The molecule has 0 bridgehead atoms. The predicted molar refractivity (Wildman–Crippen MR) is 72.5 cm³/mol. The second-order valence-electron chi connectivity index (χ2n) is 4.06. The highest BCUT2D eigenvalue weighted by atomic mass is 19.1. The van der Waals surface area contributed by atoms with Crippen molar-refractivity contribution in [3.63, 3.8) is 0 Å². The molecule has 0 atom stereocenters. The van der Waals surface area contributed by atoms with Gasteiger partial charge in [0, 0.05) is 12.2 Å². The highest BCUT2D eigenvalue weighted by Crippen LogP contribution is 2.30. The van der Waals surface area contributed by atoms with Gasteiger partial charge in [-0.3, -0.25) is 0 Å². The van der Waals surface area contributed by atoms with Crippen LogP contribution in [-0.4, -0.2) is 11.5 Å². The predicted octanol–water partition coefficient (Wildman–Crippen LogP) is 3.27. The fourth-order valence-electron chi connectivity index (χ4n) is 1.87. The highest BCUT2D eigenvalue weighted by Gasteiger charge is 2.15. The van der Waals surface area contributed by atoms with E-state index in [1.54, 1.807) is 29.2 Å². The standard InChI is InChI=1S/C14H16FN3/c1-3-18(13-7-5-4-6-11(13)15)14-12(16)9-8-10(2)17-14/h4-9H,3,16H2,1-2H3. The minimum Gasteiger partial charge on any atom is -0.396 e. The van der Waals surface area contributed by atoms with E-state index in [9.17, 15) is 4.39 Å². The third kappa shape index (κ3) is 2.27. The van der Waals surface area contributed by atoms with Gasteiger partial charge in [-0.2, -0.15) is 0 Å². The molecule has 0 fully saturated rings. The van der Waals surface area contributed by atoms with Crippen molar-refractivity contribution in [2.24, 2.45) is 0 Å². The average Bonchev–Trinajstić information content (AvgIpc) is 2.36. The number of benzene rings is 1. The van der Waals surface area contributed by atoms with Crippen molar-refractivity contribution in [3.05, 3.63) is 47.9 Å². The van der Waals surface area contributed by atoms with Gasteiger partial charge >= 0.3 is 0 Å². The smallest absolute Gasteiger partial charge is 0.156 e. The van der Waals surface area contributed by atoms with Gasteiger partial charge < -0.3 is 10.6 Å². The third-order valence-electron chi connectivity index (χ3n) is 2.76. The van der Waals surface area contributed by atoms with E-state index in [1.165, 1.54) is 6.07 Å². The van der Waals surface area contributed by atoms with E-state index in [2.05, 4.69) is 4.98 Å². The molecule has 0 saturated carbocycles. The largest absolute Gasteiger partial charge is 0.396 e. The number of halogens is 1. The number of nitrogens with zero attached hydrogens (tertiary/aromatic N) is 2. The molecule has 0 aliphatic carbocycles. The summed E-state index contributed by atoms with van der Waals surface area (Å²) >= 11 is 0. The first kappa shape index (κ1) is 12.4. The molecule has 1 aromatic carbocycles. The van der Waals surface area contributed by atoms with E-state index < -0.39 is 0 Å². The second kappa shape index (κ2) is 5.04. The molecule has 0 amide bonds. The number of nitrogen functional groups attached to an aromatic ring is 1. The van der Waals surface area contributed by atoms with Gasteiger partial charge in [0.05, 0.1) is 11.4 Å². The number of pyridine rings is 1. The monoisotopic (exact) mass is 245 g/mol. The first-order chi connectivity index (χ1) is 8.63. The lowest BCUT2D eigenvalue weighted by molar-refractivity contribution is 0.625. The molecule has 2 rings (SSSR count). The maximum atomic E-state index is 13.8. The van der Waals surface area contributed by atoms with Gasteiger partial charge in [0.25, 0.3) is 0 Å². The summed E-state index contributed by atoms with van der Waals surface area (Å²) in [6.45, 7) is 4.43. The molecule has 0 spiro atoms. The summed E-state index contributed by atoms with van der Waals surface area (Å²) < 4.78 is 13.8. The zero-order valence-corrected chi connectivity index (χ0v) is 10.5. The first-order valence-corrected chi connectivity index (χ1v) is 5.88. The quantitative estimate of drug-likeness (QED) is 0.902. The molecule has 2 aromatic rings. The molecule has 2 N–H and O–H groups in total. The van der Waals surface area contributed by atoms with Crippen molar-refractivity contribution in [2.45, 2.75) is 13.8 Å². The fourth-order valence-corrected chi connectivity index (χ4v) is 1.87. The van der Waals surface area contributed by atoms with Crippen molar-refractivity contribution in [3.8, 4) is 0 Å². The maximum Gasteiger partial charge on any atom is 0.156 e. The Hall–Kier alpha value is -2.10. The van der Waals surface area contributed by atoms with Gasteiger partial charge in [0.2, 0.25) is 0 Å². The van der Waals surface area contributed by atoms with Crippen LogP contribution in [0.4, 0.5) is 21.6 Å². The normalized spacial score (nSPS) is 10.4. The van der Waals surface area contributed by atoms with Crippen LogP contribution < -0.4 is 10.6 Å². The van der Waals surface area contributed by atoms with Crippen LogP contribution in [0, 0.1) is 12.7 Å². The van der Waals surface area contributed by atoms with Gasteiger partial charge in [0.15, 0.2) is 5.82 Å². The Morgan fingerprint density at radius 3 is 2.61 bits per heavy atom. The van der Waals surface area contributed by atoms with Crippen LogP contribution in [0.15, 0.2) is 36.4 Å². The number of hydrogen-bond donors (Lipinski definition) is 1. The van der Waals surface area contributed by atoms with Crippen LogP contribution in [0.1, 0.15) is 12.6 Å². The van der Waals surface area contributed by atoms with E-state index in [4.69, 9.17) is 5.73 Å².